The summed E-state index contributed by atoms with van der Waals surface area (Å²) in [7, 11) is 0. The number of benzene rings is 2. The third-order valence-corrected chi connectivity index (χ3v) is 4.57. The Kier molecular flexibility index (Phi) is 6.29. The van der Waals surface area contributed by atoms with Crippen molar-refractivity contribution in [1.82, 2.24) is 4.90 Å². The van der Waals surface area contributed by atoms with Crippen LogP contribution in [-0.4, -0.2) is 30.5 Å². The van der Waals surface area contributed by atoms with E-state index in [0.29, 0.717) is 5.75 Å². The summed E-state index contributed by atoms with van der Waals surface area (Å²) in [6, 6.07) is 17.7. The molecule has 0 radical (unpaired) electrons. The summed E-state index contributed by atoms with van der Waals surface area (Å²) in [5.74, 6) is 3.23. The van der Waals surface area contributed by atoms with Crippen LogP contribution in [0.2, 0.25) is 0 Å². The van der Waals surface area contributed by atoms with E-state index in [1.807, 2.05) is 30.3 Å². The molecule has 2 aromatic carbocycles. The number of likely N-dealkylation sites (tertiary alicyclic amines) is 1. The number of amides is 1. The molecule has 0 bridgehead atoms. The highest BCUT2D eigenvalue weighted by Gasteiger charge is 2.25. The Morgan fingerprint density at radius 2 is 1.96 bits per heavy atom. The zero-order valence-corrected chi connectivity index (χ0v) is 14.9. The van der Waals surface area contributed by atoms with Crippen molar-refractivity contribution in [3.05, 3.63) is 60.2 Å². The molecule has 3 rings (SSSR count). The average molecular weight is 348 g/mol. The lowest BCUT2D eigenvalue weighted by atomic mass is 9.96. The number of carbonyl (C=O) groups is 1. The number of hydrogen-bond acceptors (Lipinski definition) is 3. The van der Waals surface area contributed by atoms with Gasteiger partial charge >= 0.3 is 0 Å². The minimum atomic E-state index is 0.0184. The predicted octanol–water partition coefficient (Wildman–Crippen LogP) is 3.55. The fourth-order valence-electron chi connectivity index (χ4n) is 3.26. The van der Waals surface area contributed by atoms with Crippen LogP contribution in [-0.2, 0) is 11.3 Å². The molecule has 1 N–H and O–H groups in total. The molecule has 2 aromatic rings. The summed E-state index contributed by atoms with van der Waals surface area (Å²) in [5, 5.41) is 3.02. The van der Waals surface area contributed by atoms with Gasteiger partial charge in [-0.15, -0.1) is 6.42 Å². The van der Waals surface area contributed by atoms with Gasteiger partial charge in [0.25, 0.3) is 0 Å². The van der Waals surface area contributed by atoms with Crippen LogP contribution in [0.25, 0.3) is 0 Å². The molecule has 0 aliphatic carbocycles. The lowest BCUT2D eigenvalue weighted by Gasteiger charge is -2.32. The van der Waals surface area contributed by atoms with Crippen LogP contribution in [0.15, 0.2) is 54.6 Å². The number of terminal acetylenes is 1. The molecule has 0 spiro atoms. The number of hydrogen-bond donors (Lipinski definition) is 1. The zero-order chi connectivity index (χ0) is 18.2. The van der Waals surface area contributed by atoms with Gasteiger partial charge in [0.2, 0.25) is 5.91 Å². The SMILES string of the molecule is C#CCOc1ccc(NC(=O)C2CCCN(Cc3ccccc3)C2)cc1. The van der Waals surface area contributed by atoms with Gasteiger partial charge in [0.1, 0.15) is 12.4 Å². The molecule has 134 valence electrons. The first kappa shape index (κ1) is 18.0. The summed E-state index contributed by atoms with van der Waals surface area (Å²) in [4.78, 5) is 15.0. The molecular formula is C22H24N2O2. The van der Waals surface area contributed by atoms with Crippen LogP contribution in [0.1, 0.15) is 18.4 Å². The molecule has 1 aliphatic rings. The molecule has 1 saturated heterocycles. The Labute approximate surface area is 155 Å². The first-order chi connectivity index (χ1) is 12.7. The maximum absolute atomic E-state index is 12.6. The fourth-order valence-corrected chi connectivity index (χ4v) is 3.26. The van der Waals surface area contributed by atoms with Gasteiger partial charge in [0.15, 0.2) is 0 Å². The standard InChI is InChI=1S/C22H24N2O2/c1-2-15-26-21-12-10-20(11-13-21)23-22(25)19-9-6-14-24(17-19)16-18-7-4-3-5-8-18/h1,3-5,7-8,10-13,19H,6,9,14-17H2,(H,23,25). The van der Waals surface area contributed by atoms with Crippen molar-refractivity contribution in [2.45, 2.75) is 19.4 Å². The normalized spacial score (nSPS) is 17.3. The number of carbonyl (C=O) groups excluding carboxylic acids is 1. The Bertz CT molecular complexity index is 750. The lowest BCUT2D eigenvalue weighted by Crippen LogP contribution is -2.40. The molecular weight excluding hydrogens is 324 g/mol. The maximum Gasteiger partial charge on any atom is 0.228 e. The minimum Gasteiger partial charge on any atom is -0.481 e. The van der Waals surface area contributed by atoms with E-state index in [2.05, 4.69) is 40.4 Å². The topological polar surface area (TPSA) is 41.6 Å². The van der Waals surface area contributed by atoms with Gasteiger partial charge in [0, 0.05) is 18.8 Å². The minimum absolute atomic E-state index is 0.0184. The number of ether oxygens (including phenoxy) is 1. The third-order valence-electron chi connectivity index (χ3n) is 4.57. The Hall–Kier alpha value is -2.77. The maximum atomic E-state index is 12.6. The van der Waals surface area contributed by atoms with Crippen LogP contribution in [0.5, 0.6) is 5.75 Å². The average Bonchev–Trinajstić information content (AvgIpc) is 2.68. The van der Waals surface area contributed by atoms with Gasteiger partial charge in [-0.1, -0.05) is 36.3 Å². The van der Waals surface area contributed by atoms with Crippen molar-refractivity contribution >= 4 is 11.6 Å². The monoisotopic (exact) mass is 348 g/mol. The number of anilines is 1. The summed E-state index contributed by atoms with van der Waals surface area (Å²) >= 11 is 0. The van der Waals surface area contributed by atoms with E-state index in [-0.39, 0.29) is 18.4 Å². The second-order valence-electron chi connectivity index (χ2n) is 6.57. The van der Waals surface area contributed by atoms with Gasteiger partial charge < -0.3 is 10.1 Å². The van der Waals surface area contributed by atoms with Gasteiger partial charge in [0.05, 0.1) is 5.92 Å². The highest BCUT2D eigenvalue weighted by molar-refractivity contribution is 5.92. The lowest BCUT2D eigenvalue weighted by molar-refractivity contribution is -0.121. The zero-order valence-electron chi connectivity index (χ0n) is 14.9. The molecule has 0 aromatic heterocycles. The Morgan fingerprint density at radius 1 is 1.19 bits per heavy atom. The predicted molar refractivity (Wildman–Crippen MR) is 104 cm³/mol. The molecule has 26 heavy (non-hydrogen) atoms. The first-order valence-corrected chi connectivity index (χ1v) is 8.98. The first-order valence-electron chi connectivity index (χ1n) is 8.98. The molecule has 1 heterocycles. The van der Waals surface area contributed by atoms with Crippen LogP contribution in [0.3, 0.4) is 0 Å². The third kappa shape index (κ3) is 5.11. The molecule has 1 aliphatic heterocycles. The summed E-state index contributed by atoms with van der Waals surface area (Å²) in [6.07, 6.45) is 7.15. The second-order valence-corrected chi connectivity index (χ2v) is 6.57. The van der Waals surface area contributed by atoms with Gasteiger partial charge in [-0.2, -0.15) is 0 Å². The Morgan fingerprint density at radius 3 is 2.69 bits per heavy atom. The molecule has 1 atom stereocenters. The number of nitrogens with one attached hydrogen (secondary N) is 1. The van der Waals surface area contributed by atoms with Crippen LogP contribution in [0, 0.1) is 18.3 Å². The van der Waals surface area contributed by atoms with E-state index >= 15 is 0 Å². The van der Waals surface area contributed by atoms with E-state index in [9.17, 15) is 4.79 Å². The quantitative estimate of drug-likeness (QED) is 0.812. The molecule has 1 amide bonds. The summed E-state index contributed by atoms with van der Waals surface area (Å²) in [5.41, 5.74) is 2.07. The van der Waals surface area contributed by atoms with E-state index in [1.165, 1.54) is 5.56 Å². The van der Waals surface area contributed by atoms with E-state index in [0.717, 1.165) is 38.2 Å². The number of piperidine rings is 1. The van der Waals surface area contributed by atoms with Crippen molar-refractivity contribution in [3.63, 3.8) is 0 Å². The summed E-state index contributed by atoms with van der Waals surface area (Å²) < 4.78 is 5.35. The molecule has 4 heteroatoms. The second kappa shape index (κ2) is 9.07. The van der Waals surface area contributed by atoms with Crippen LogP contribution >= 0.6 is 0 Å². The number of rotatable bonds is 6. The summed E-state index contributed by atoms with van der Waals surface area (Å²) in [6.45, 7) is 2.97. The van der Waals surface area contributed by atoms with Crippen molar-refractivity contribution in [3.8, 4) is 18.1 Å². The smallest absolute Gasteiger partial charge is 0.228 e. The largest absolute Gasteiger partial charge is 0.481 e. The van der Waals surface area contributed by atoms with Gasteiger partial charge in [-0.25, -0.2) is 0 Å². The van der Waals surface area contributed by atoms with Crippen molar-refractivity contribution in [2.24, 2.45) is 5.92 Å². The van der Waals surface area contributed by atoms with Gasteiger partial charge in [-0.05, 0) is 49.2 Å². The van der Waals surface area contributed by atoms with Crippen LogP contribution < -0.4 is 10.1 Å². The highest BCUT2D eigenvalue weighted by atomic mass is 16.5. The van der Waals surface area contributed by atoms with Crippen molar-refractivity contribution in [2.75, 3.05) is 25.0 Å². The fraction of sp³-hybridized carbons (Fsp3) is 0.318. The van der Waals surface area contributed by atoms with E-state index in [4.69, 9.17) is 11.2 Å². The van der Waals surface area contributed by atoms with Crippen molar-refractivity contribution in [1.29, 1.82) is 0 Å². The molecule has 1 fully saturated rings. The van der Waals surface area contributed by atoms with E-state index in [1.54, 1.807) is 0 Å². The van der Waals surface area contributed by atoms with Crippen LogP contribution in [0.4, 0.5) is 5.69 Å². The van der Waals surface area contributed by atoms with E-state index < -0.39 is 0 Å². The molecule has 0 saturated carbocycles. The van der Waals surface area contributed by atoms with Crippen molar-refractivity contribution < 1.29 is 9.53 Å². The highest BCUT2D eigenvalue weighted by Crippen LogP contribution is 2.21. The molecule has 1 unspecified atom stereocenters. The van der Waals surface area contributed by atoms with Gasteiger partial charge in [-0.3, -0.25) is 9.69 Å². The Balaban J connectivity index is 1.53. The molecule has 4 nitrogen and oxygen atoms in total. The number of nitrogens with zero attached hydrogens (tertiary/aromatic N) is 1.